The van der Waals surface area contributed by atoms with Crippen molar-refractivity contribution < 1.29 is 9.72 Å². The molecule has 0 saturated heterocycles. The lowest BCUT2D eigenvalue weighted by Crippen LogP contribution is -2.38. The van der Waals surface area contributed by atoms with Crippen LogP contribution in [0.3, 0.4) is 0 Å². The van der Waals surface area contributed by atoms with Gasteiger partial charge in [0.2, 0.25) is 0 Å². The molecule has 0 unspecified atom stereocenters. The molecule has 3 N–H and O–H groups in total. The summed E-state index contributed by atoms with van der Waals surface area (Å²) in [5.41, 5.74) is 6.04. The summed E-state index contributed by atoms with van der Waals surface area (Å²) in [6, 6.07) is 3.92. The summed E-state index contributed by atoms with van der Waals surface area (Å²) in [7, 11) is 0. The molecule has 2 rings (SSSR count). The molecule has 21 heavy (non-hydrogen) atoms. The van der Waals surface area contributed by atoms with Crippen LogP contribution in [-0.4, -0.2) is 28.4 Å². The van der Waals surface area contributed by atoms with Crippen molar-refractivity contribution in [3.8, 4) is 0 Å². The first-order chi connectivity index (χ1) is 9.97. The number of benzene rings is 1. The van der Waals surface area contributed by atoms with E-state index in [1.165, 1.54) is 31.0 Å². The molecule has 1 aliphatic carbocycles. The third-order valence-corrected chi connectivity index (χ3v) is 5.43. The van der Waals surface area contributed by atoms with Gasteiger partial charge in [0.15, 0.2) is 0 Å². The van der Waals surface area contributed by atoms with Crippen LogP contribution in [0.15, 0.2) is 18.2 Å². The highest BCUT2D eigenvalue weighted by Gasteiger charge is 2.33. The van der Waals surface area contributed by atoms with E-state index in [-0.39, 0.29) is 27.6 Å². The van der Waals surface area contributed by atoms with Crippen molar-refractivity contribution in [2.24, 2.45) is 0 Å². The van der Waals surface area contributed by atoms with E-state index in [1.54, 1.807) is 11.8 Å². The van der Waals surface area contributed by atoms with Crippen molar-refractivity contribution in [2.45, 2.75) is 30.4 Å². The molecule has 1 aliphatic rings. The summed E-state index contributed by atoms with van der Waals surface area (Å²) in [4.78, 5) is 22.5. The maximum atomic E-state index is 12.2. The fourth-order valence-corrected chi connectivity index (χ4v) is 3.58. The molecule has 1 aromatic carbocycles. The second-order valence-electron chi connectivity index (χ2n) is 5.31. The van der Waals surface area contributed by atoms with Crippen LogP contribution in [0.2, 0.25) is 0 Å². The number of nitrogens with one attached hydrogen (secondary N) is 1. The quantitative estimate of drug-likeness (QED) is 0.495. The number of anilines is 1. The topological polar surface area (TPSA) is 98.3 Å². The van der Waals surface area contributed by atoms with E-state index in [1.807, 2.05) is 0 Å². The van der Waals surface area contributed by atoms with E-state index < -0.39 is 4.92 Å². The average molecular weight is 309 g/mol. The van der Waals surface area contributed by atoms with Gasteiger partial charge in [-0.15, -0.1) is 0 Å². The number of carbonyl (C=O) groups excluding carboxylic acids is 1. The van der Waals surface area contributed by atoms with Gasteiger partial charge in [0.05, 0.1) is 10.5 Å². The zero-order chi connectivity index (χ0) is 15.5. The molecule has 0 aromatic heterocycles. The number of hydrogen-bond donors (Lipinski definition) is 2. The van der Waals surface area contributed by atoms with Gasteiger partial charge in [-0.05, 0) is 25.2 Å². The van der Waals surface area contributed by atoms with E-state index in [0.29, 0.717) is 6.54 Å². The number of hydrogen-bond acceptors (Lipinski definition) is 5. The van der Waals surface area contributed by atoms with Crippen LogP contribution >= 0.6 is 11.8 Å². The van der Waals surface area contributed by atoms with E-state index in [0.717, 1.165) is 12.8 Å². The number of nitrogen functional groups attached to an aromatic ring is 1. The second-order valence-corrected chi connectivity index (χ2v) is 6.58. The molecule has 1 aromatic rings. The van der Waals surface area contributed by atoms with Gasteiger partial charge in [-0.1, -0.05) is 12.8 Å². The zero-order valence-corrected chi connectivity index (χ0v) is 12.7. The van der Waals surface area contributed by atoms with Crippen LogP contribution in [0, 0.1) is 10.1 Å². The van der Waals surface area contributed by atoms with Crippen LogP contribution < -0.4 is 11.1 Å². The molecule has 0 heterocycles. The van der Waals surface area contributed by atoms with Crippen LogP contribution in [0.25, 0.3) is 0 Å². The Morgan fingerprint density at radius 3 is 2.71 bits per heavy atom. The molecule has 0 atom stereocenters. The predicted octanol–water partition coefficient (Wildman–Crippen LogP) is 2.58. The standard InChI is InChI=1S/C14H19N3O3S/c1-21-14(6-2-3-7-14)9-16-13(18)11-8-10(17(19)20)4-5-12(11)15/h4-5,8H,2-3,6-7,9,15H2,1H3,(H,16,18). The van der Waals surface area contributed by atoms with Crippen molar-refractivity contribution >= 4 is 29.0 Å². The van der Waals surface area contributed by atoms with Gasteiger partial charge >= 0.3 is 0 Å². The second kappa shape index (κ2) is 6.34. The van der Waals surface area contributed by atoms with Crippen LogP contribution in [0.4, 0.5) is 11.4 Å². The Bertz CT molecular complexity index is 556. The van der Waals surface area contributed by atoms with Crippen molar-refractivity contribution in [3.05, 3.63) is 33.9 Å². The maximum absolute atomic E-state index is 12.2. The Hall–Kier alpha value is -1.76. The number of nitrogens with two attached hydrogens (primary N) is 1. The fraction of sp³-hybridized carbons (Fsp3) is 0.500. The Kier molecular flexibility index (Phi) is 4.72. The van der Waals surface area contributed by atoms with Gasteiger partial charge in [0, 0.05) is 29.1 Å². The first-order valence-electron chi connectivity index (χ1n) is 6.85. The van der Waals surface area contributed by atoms with E-state index in [9.17, 15) is 14.9 Å². The molecular weight excluding hydrogens is 290 g/mol. The Balaban J connectivity index is 2.09. The van der Waals surface area contributed by atoms with Crippen molar-refractivity contribution in [1.29, 1.82) is 0 Å². The highest BCUT2D eigenvalue weighted by molar-refractivity contribution is 8.00. The molecule has 0 bridgehead atoms. The summed E-state index contributed by atoms with van der Waals surface area (Å²) in [6.07, 6.45) is 6.57. The predicted molar refractivity (Wildman–Crippen MR) is 84.6 cm³/mol. The normalized spacial score (nSPS) is 16.6. The van der Waals surface area contributed by atoms with Crippen LogP contribution in [0.1, 0.15) is 36.0 Å². The molecule has 1 fully saturated rings. The SMILES string of the molecule is CSC1(CNC(=O)c2cc([N+](=O)[O-])ccc2N)CCCC1. The van der Waals surface area contributed by atoms with E-state index in [2.05, 4.69) is 11.6 Å². The van der Waals surface area contributed by atoms with E-state index >= 15 is 0 Å². The Morgan fingerprint density at radius 1 is 1.48 bits per heavy atom. The lowest BCUT2D eigenvalue weighted by molar-refractivity contribution is -0.384. The van der Waals surface area contributed by atoms with Gasteiger partial charge in [-0.3, -0.25) is 14.9 Å². The van der Waals surface area contributed by atoms with Crippen molar-refractivity contribution in [1.82, 2.24) is 5.32 Å². The minimum absolute atomic E-state index is 0.0884. The molecule has 0 aliphatic heterocycles. The number of nitro groups is 1. The first-order valence-corrected chi connectivity index (χ1v) is 8.07. The third kappa shape index (κ3) is 3.47. The molecule has 1 amide bonds. The first kappa shape index (κ1) is 15.6. The highest BCUT2D eigenvalue weighted by Crippen LogP contribution is 2.39. The molecule has 1 saturated carbocycles. The summed E-state index contributed by atoms with van der Waals surface area (Å²) in [5.74, 6) is -0.350. The lowest BCUT2D eigenvalue weighted by atomic mass is 10.1. The fourth-order valence-electron chi connectivity index (χ4n) is 2.66. The summed E-state index contributed by atoms with van der Waals surface area (Å²) < 4.78 is 0.0884. The minimum Gasteiger partial charge on any atom is -0.398 e. The van der Waals surface area contributed by atoms with Crippen molar-refractivity contribution in [2.75, 3.05) is 18.5 Å². The van der Waals surface area contributed by atoms with Gasteiger partial charge in [0.1, 0.15) is 0 Å². The van der Waals surface area contributed by atoms with Gasteiger partial charge in [0.25, 0.3) is 11.6 Å². The zero-order valence-electron chi connectivity index (χ0n) is 11.9. The van der Waals surface area contributed by atoms with E-state index in [4.69, 9.17) is 5.73 Å². The third-order valence-electron chi connectivity index (χ3n) is 4.01. The molecule has 0 spiro atoms. The molecule has 6 nitrogen and oxygen atoms in total. The lowest BCUT2D eigenvalue weighted by Gasteiger charge is -2.27. The molecular formula is C14H19N3O3S. The summed E-state index contributed by atoms with van der Waals surface area (Å²) >= 11 is 1.78. The monoisotopic (exact) mass is 309 g/mol. The molecule has 114 valence electrons. The number of nitro benzene ring substituents is 1. The van der Waals surface area contributed by atoms with Crippen LogP contribution in [-0.2, 0) is 0 Å². The van der Waals surface area contributed by atoms with Crippen LogP contribution in [0.5, 0.6) is 0 Å². The molecule has 0 radical (unpaired) electrons. The smallest absolute Gasteiger partial charge is 0.270 e. The van der Waals surface area contributed by atoms with Gasteiger partial charge in [-0.25, -0.2) is 0 Å². The van der Waals surface area contributed by atoms with Crippen molar-refractivity contribution in [3.63, 3.8) is 0 Å². The number of amides is 1. The maximum Gasteiger partial charge on any atom is 0.270 e. The largest absolute Gasteiger partial charge is 0.398 e. The van der Waals surface area contributed by atoms with Gasteiger partial charge < -0.3 is 11.1 Å². The number of non-ortho nitro benzene ring substituents is 1. The number of thioether (sulfide) groups is 1. The molecule has 7 heteroatoms. The number of rotatable bonds is 5. The summed E-state index contributed by atoms with van der Waals surface area (Å²) in [6.45, 7) is 0.565. The van der Waals surface area contributed by atoms with Gasteiger partial charge in [-0.2, -0.15) is 11.8 Å². The minimum atomic E-state index is -0.531. The average Bonchev–Trinajstić information content (AvgIpc) is 2.94. The highest BCUT2D eigenvalue weighted by atomic mass is 32.2. The number of carbonyl (C=O) groups is 1. The number of nitrogens with zero attached hydrogens (tertiary/aromatic N) is 1. The summed E-state index contributed by atoms with van der Waals surface area (Å²) in [5, 5.41) is 13.7. The Labute approximate surface area is 127 Å². The Morgan fingerprint density at radius 2 is 2.14 bits per heavy atom.